The van der Waals surface area contributed by atoms with Crippen LogP contribution in [0.2, 0.25) is 5.02 Å². The highest BCUT2D eigenvalue weighted by atomic mass is 79.9. The van der Waals surface area contributed by atoms with Gasteiger partial charge in [0.15, 0.2) is 0 Å². The molecule has 1 aromatic carbocycles. The normalized spacial score (nSPS) is 10.3. The molecule has 8 heteroatoms. The molecule has 0 aliphatic heterocycles. The summed E-state index contributed by atoms with van der Waals surface area (Å²) in [5.41, 5.74) is 1.61. The molecule has 0 bridgehead atoms. The zero-order valence-corrected chi connectivity index (χ0v) is 11.5. The Hall–Kier alpha value is -1.47. The first-order chi connectivity index (χ1) is 8.70. The summed E-state index contributed by atoms with van der Waals surface area (Å²) in [6.45, 7) is 0.361. The van der Waals surface area contributed by atoms with Crippen LogP contribution in [0.4, 0.5) is 0 Å². The van der Waals surface area contributed by atoms with Crippen molar-refractivity contribution in [2.24, 2.45) is 0 Å². The summed E-state index contributed by atoms with van der Waals surface area (Å²) in [5.74, 6) is -0.0994. The number of aromatic nitrogens is 4. The predicted octanol–water partition coefficient (Wildman–Crippen LogP) is 1.33. The highest BCUT2D eigenvalue weighted by molar-refractivity contribution is 9.09. The Kier molecular flexibility index (Phi) is 4.27. The third-order valence-corrected chi connectivity index (χ3v) is 2.98. The lowest BCUT2D eigenvalue weighted by molar-refractivity contribution is -0.118. The molecular weight excluding hydrogens is 322 g/mol. The van der Waals surface area contributed by atoms with Crippen molar-refractivity contribution in [1.29, 1.82) is 0 Å². The smallest absolute Gasteiger partial charge is 0.230 e. The van der Waals surface area contributed by atoms with Gasteiger partial charge < -0.3 is 5.32 Å². The van der Waals surface area contributed by atoms with Gasteiger partial charge >= 0.3 is 0 Å². The Morgan fingerprint density at radius 2 is 2.33 bits per heavy atom. The Labute approximate surface area is 116 Å². The molecule has 0 atom stereocenters. The van der Waals surface area contributed by atoms with E-state index >= 15 is 0 Å². The van der Waals surface area contributed by atoms with Gasteiger partial charge in [-0.25, -0.2) is 4.68 Å². The molecule has 94 valence electrons. The van der Waals surface area contributed by atoms with Gasteiger partial charge in [0.05, 0.1) is 11.0 Å². The lowest BCUT2D eigenvalue weighted by atomic mass is 10.2. The molecule has 1 aromatic heterocycles. The first kappa shape index (κ1) is 13.0. The lowest BCUT2D eigenvalue weighted by Crippen LogP contribution is -2.24. The number of tetrazole rings is 1. The van der Waals surface area contributed by atoms with Gasteiger partial charge in [0.25, 0.3) is 0 Å². The topological polar surface area (TPSA) is 72.7 Å². The molecule has 2 aromatic rings. The van der Waals surface area contributed by atoms with E-state index in [0.717, 1.165) is 11.3 Å². The van der Waals surface area contributed by atoms with Gasteiger partial charge in [-0.3, -0.25) is 4.79 Å². The number of amides is 1. The first-order valence-corrected chi connectivity index (χ1v) is 6.55. The van der Waals surface area contributed by atoms with Crippen molar-refractivity contribution in [3.05, 3.63) is 35.1 Å². The fraction of sp³-hybridized carbons (Fsp3) is 0.200. The molecule has 2 rings (SSSR count). The van der Waals surface area contributed by atoms with Gasteiger partial charge in [-0.1, -0.05) is 27.5 Å². The summed E-state index contributed by atoms with van der Waals surface area (Å²) in [6, 6.07) is 5.32. The highest BCUT2D eigenvalue weighted by Gasteiger charge is 2.08. The number of carbonyl (C=O) groups excluding carboxylic acids is 1. The second-order valence-corrected chi connectivity index (χ2v) is 4.43. The third kappa shape index (κ3) is 3.05. The number of hydrogen-bond acceptors (Lipinski definition) is 4. The van der Waals surface area contributed by atoms with E-state index in [9.17, 15) is 4.79 Å². The van der Waals surface area contributed by atoms with Crippen molar-refractivity contribution in [2.45, 2.75) is 6.54 Å². The number of nitrogens with zero attached hydrogens (tertiary/aromatic N) is 4. The summed E-state index contributed by atoms with van der Waals surface area (Å²) in [7, 11) is 0. The minimum Gasteiger partial charge on any atom is -0.351 e. The average Bonchev–Trinajstić information content (AvgIpc) is 2.89. The number of nitrogens with one attached hydrogen (secondary N) is 1. The van der Waals surface area contributed by atoms with E-state index in [0.29, 0.717) is 11.6 Å². The molecule has 0 saturated heterocycles. The van der Waals surface area contributed by atoms with Gasteiger partial charge in [0.2, 0.25) is 5.91 Å². The zero-order chi connectivity index (χ0) is 13.0. The Bertz CT molecular complexity index is 545. The van der Waals surface area contributed by atoms with Gasteiger partial charge in [0, 0.05) is 11.6 Å². The second-order valence-electron chi connectivity index (χ2n) is 3.44. The van der Waals surface area contributed by atoms with Crippen molar-refractivity contribution < 1.29 is 4.79 Å². The van der Waals surface area contributed by atoms with Crippen LogP contribution in [-0.2, 0) is 11.3 Å². The Morgan fingerprint density at radius 1 is 1.50 bits per heavy atom. The van der Waals surface area contributed by atoms with Crippen LogP contribution < -0.4 is 5.32 Å². The summed E-state index contributed by atoms with van der Waals surface area (Å²) < 4.78 is 1.52. The molecule has 0 saturated carbocycles. The summed E-state index contributed by atoms with van der Waals surface area (Å²) in [4.78, 5) is 11.2. The van der Waals surface area contributed by atoms with Gasteiger partial charge in [-0.2, -0.15) is 0 Å². The van der Waals surface area contributed by atoms with E-state index in [1.165, 1.54) is 11.0 Å². The van der Waals surface area contributed by atoms with Gasteiger partial charge in [-0.05, 0) is 34.2 Å². The molecule has 0 unspecified atom stereocenters. The maximum absolute atomic E-state index is 11.2. The summed E-state index contributed by atoms with van der Waals surface area (Å²) in [6.07, 6.45) is 1.49. The van der Waals surface area contributed by atoms with E-state index in [-0.39, 0.29) is 11.2 Å². The van der Waals surface area contributed by atoms with E-state index in [1.807, 2.05) is 0 Å². The van der Waals surface area contributed by atoms with Crippen LogP contribution in [0.3, 0.4) is 0 Å². The number of rotatable bonds is 4. The van der Waals surface area contributed by atoms with E-state index in [4.69, 9.17) is 11.6 Å². The molecule has 0 aliphatic rings. The van der Waals surface area contributed by atoms with Crippen molar-refractivity contribution in [3.63, 3.8) is 0 Å². The van der Waals surface area contributed by atoms with Gasteiger partial charge in [0.1, 0.15) is 6.33 Å². The fourth-order valence-corrected chi connectivity index (χ4v) is 1.82. The lowest BCUT2D eigenvalue weighted by Gasteiger charge is -2.09. The molecule has 0 radical (unpaired) electrons. The number of benzene rings is 1. The highest BCUT2D eigenvalue weighted by Crippen LogP contribution is 2.18. The molecule has 1 N–H and O–H groups in total. The number of alkyl halides is 1. The third-order valence-electron chi connectivity index (χ3n) is 2.23. The Balaban J connectivity index is 2.27. The Morgan fingerprint density at radius 3 is 3.00 bits per heavy atom. The van der Waals surface area contributed by atoms with Crippen LogP contribution in [0.5, 0.6) is 0 Å². The molecule has 1 amide bonds. The van der Waals surface area contributed by atoms with E-state index in [2.05, 4.69) is 36.8 Å². The van der Waals surface area contributed by atoms with E-state index in [1.54, 1.807) is 18.2 Å². The SMILES string of the molecule is O=C(CBr)NCc1cc(Cl)ccc1-n1cnnn1. The monoisotopic (exact) mass is 329 g/mol. The molecule has 18 heavy (non-hydrogen) atoms. The van der Waals surface area contributed by atoms with Crippen molar-refractivity contribution in [2.75, 3.05) is 5.33 Å². The van der Waals surface area contributed by atoms with Crippen molar-refractivity contribution in [1.82, 2.24) is 25.5 Å². The quantitative estimate of drug-likeness (QED) is 0.858. The summed E-state index contributed by atoms with van der Waals surface area (Å²) >= 11 is 9.03. The van der Waals surface area contributed by atoms with Crippen molar-refractivity contribution >= 4 is 33.4 Å². The van der Waals surface area contributed by atoms with Crippen LogP contribution in [0.25, 0.3) is 5.69 Å². The van der Waals surface area contributed by atoms with Crippen LogP contribution in [0.15, 0.2) is 24.5 Å². The van der Waals surface area contributed by atoms with Crippen LogP contribution in [-0.4, -0.2) is 31.4 Å². The van der Waals surface area contributed by atoms with Crippen LogP contribution in [0.1, 0.15) is 5.56 Å². The zero-order valence-electron chi connectivity index (χ0n) is 9.18. The minimum atomic E-state index is -0.0994. The van der Waals surface area contributed by atoms with Crippen LogP contribution in [0, 0.1) is 0 Å². The maximum Gasteiger partial charge on any atom is 0.230 e. The number of halogens is 2. The molecule has 0 aliphatic carbocycles. The van der Waals surface area contributed by atoms with Crippen molar-refractivity contribution in [3.8, 4) is 5.69 Å². The average molecular weight is 331 g/mol. The minimum absolute atomic E-state index is 0.0994. The maximum atomic E-state index is 11.2. The predicted molar refractivity (Wildman–Crippen MR) is 69.8 cm³/mol. The number of carbonyl (C=O) groups is 1. The second kappa shape index (κ2) is 5.92. The first-order valence-electron chi connectivity index (χ1n) is 5.05. The number of hydrogen-bond donors (Lipinski definition) is 1. The summed E-state index contributed by atoms with van der Waals surface area (Å²) in [5, 5.41) is 14.6. The largest absolute Gasteiger partial charge is 0.351 e. The van der Waals surface area contributed by atoms with Crippen LogP contribution >= 0.6 is 27.5 Å². The molecular formula is C10H9BrClN5O. The molecule has 1 heterocycles. The molecule has 0 spiro atoms. The molecule has 0 fully saturated rings. The fourth-order valence-electron chi connectivity index (χ4n) is 1.43. The van der Waals surface area contributed by atoms with E-state index < -0.39 is 0 Å². The van der Waals surface area contributed by atoms with Gasteiger partial charge in [-0.15, -0.1) is 5.10 Å². The molecule has 6 nitrogen and oxygen atoms in total. The standard InChI is InChI=1S/C10H9BrClN5O/c11-4-10(18)13-5-7-3-8(12)1-2-9(7)17-6-14-15-16-17/h1-3,6H,4-5H2,(H,13,18).